The summed E-state index contributed by atoms with van der Waals surface area (Å²) in [6.45, 7) is 1.66. The minimum absolute atomic E-state index is 0.436. The van der Waals surface area contributed by atoms with E-state index >= 15 is 0 Å². The molecule has 0 bridgehead atoms. The molecule has 0 radical (unpaired) electrons. The Labute approximate surface area is 112 Å². The van der Waals surface area contributed by atoms with Crippen molar-refractivity contribution in [1.82, 2.24) is 10.6 Å². The van der Waals surface area contributed by atoms with E-state index in [1.807, 2.05) is 0 Å². The maximum Gasteiger partial charge on any atom is 0.321 e. The molecule has 2 N–H and O–H groups in total. The van der Waals surface area contributed by atoms with Crippen LogP contribution in [0.2, 0.25) is 0 Å². The highest BCUT2D eigenvalue weighted by molar-refractivity contribution is 5.98. The topological polar surface area (TPSA) is 85.2 Å². The molecule has 0 aliphatic carbocycles. The first-order valence-electron chi connectivity index (χ1n) is 5.75. The molecule has 0 saturated carbocycles. The Kier molecular flexibility index (Phi) is 4.89. The minimum Gasteiger partial charge on any atom is -0.362 e. The summed E-state index contributed by atoms with van der Waals surface area (Å²) < 4.78 is 0. The van der Waals surface area contributed by atoms with Gasteiger partial charge in [0.1, 0.15) is 12.1 Å². The van der Waals surface area contributed by atoms with Gasteiger partial charge >= 0.3 is 6.03 Å². The fraction of sp³-hybridized carbons (Fsp3) is 0.308. The van der Waals surface area contributed by atoms with Crippen molar-refractivity contribution in [2.24, 2.45) is 0 Å². The van der Waals surface area contributed by atoms with Crippen LogP contribution in [0.5, 0.6) is 0 Å². The number of likely N-dealkylation sites (N-methyl/N-ethyl adjacent to an activating group) is 1. The normalized spacial score (nSPS) is 11.1. The molecule has 19 heavy (non-hydrogen) atoms. The fourth-order valence-corrected chi connectivity index (χ4v) is 1.54. The lowest BCUT2D eigenvalue weighted by Gasteiger charge is -2.26. The number of carbonyl (C=O) groups is 2. The summed E-state index contributed by atoms with van der Waals surface area (Å²) in [5.74, 6) is -0.436. The molecule has 1 aromatic rings. The van der Waals surface area contributed by atoms with Crippen LogP contribution < -0.4 is 15.5 Å². The van der Waals surface area contributed by atoms with Crippen molar-refractivity contribution in [3.63, 3.8) is 0 Å². The van der Waals surface area contributed by atoms with Gasteiger partial charge in [-0.2, -0.15) is 5.26 Å². The number of nitrogens with zero attached hydrogens (tertiary/aromatic N) is 2. The van der Waals surface area contributed by atoms with E-state index in [-0.39, 0.29) is 0 Å². The van der Waals surface area contributed by atoms with Gasteiger partial charge in [-0.1, -0.05) is 12.1 Å². The standard InChI is InChI=1S/C13H16N4O2/c1-9(12(18)16-13(19)15-2)17(3)11-7-5-4-6-10(11)8-14/h4-7,9H,1-3H3,(H2,15,16,18,19). The number of hydrogen-bond acceptors (Lipinski definition) is 4. The van der Waals surface area contributed by atoms with Gasteiger partial charge in [0.2, 0.25) is 5.91 Å². The number of imide groups is 1. The van der Waals surface area contributed by atoms with E-state index in [1.165, 1.54) is 7.05 Å². The van der Waals surface area contributed by atoms with E-state index in [9.17, 15) is 9.59 Å². The lowest BCUT2D eigenvalue weighted by Crippen LogP contribution is -2.48. The fourth-order valence-electron chi connectivity index (χ4n) is 1.54. The average Bonchev–Trinajstić information content (AvgIpc) is 2.45. The number of amides is 3. The number of benzene rings is 1. The first-order chi connectivity index (χ1) is 9.01. The van der Waals surface area contributed by atoms with Crippen LogP contribution in [-0.2, 0) is 4.79 Å². The van der Waals surface area contributed by atoms with Crippen molar-refractivity contribution in [3.8, 4) is 6.07 Å². The molecule has 0 aromatic heterocycles. The number of rotatable bonds is 3. The number of carbonyl (C=O) groups excluding carboxylic acids is 2. The van der Waals surface area contributed by atoms with Crippen LogP contribution in [0.25, 0.3) is 0 Å². The number of hydrogen-bond donors (Lipinski definition) is 2. The van der Waals surface area contributed by atoms with Crippen molar-refractivity contribution in [2.45, 2.75) is 13.0 Å². The molecule has 1 aromatic carbocycles. The quantitative estimate of drug-likeness (QED) is 0.843. The molecule has 0 aliphatic rings. The number of anilines is 1. The molecule has 6 nitrogen and oxygen atoms in total. The van der Waals surface area contributed by atoms with Crippen LogP contribution in [0.4, 0.5) is 10.5 Å². The molecule has 0 heterocycles. The Morgan fingerprint density at radius 1 is 1.37 bits per heavy atom. The Morgan fingerprint density at radius 3 is 2.58 bits per heavy atom. The largest absolute Gasteiger partial charge is 0.362 e. The van der Waals surface area contributed by atoms with Crippen LogP contribution in [0.1, 0.15) is 12.5 Å². The van der Waals surface area contributed by atoms with Crippen LogP contribution in [0.15, 0.2) is 24.3 Å². The van der Waals surface area contributed by atoms with Gasteiger partial charge in [0.25, 0.3) is 0 Å². The van der Waals surface area contributed by atoms with E-state index in [0.29, 0.717) is 11.3 Å². The summed E-state index contributed by atoms with van der Waals surface area (Å²) in [5, 5.41) is 13.5. The Hall–Kier alpha value is -2.55. The van der Waals surface area contributed by atoms with Gasteiger partial charge in [-0.15, -0.1) is 0 Å². The van der Waals surface area contributed by atoms with Crippen LogP contribution in [-0.4, -0.2) is 32.1 Å². The van der Waals surface area contributed by atoms with Gasteiger partial charge in [0, 0.05) is 14.1 Å². The highest BCUT2D eigenvalue weighted by atomic mass is 16.2. The molecule has 1 atom stereocenters. The summed E-state index contributed by atoms with van der Waals surface area (Å²) >= 11 is 0. The summed E-state index contributed by atoms with van der Waals surface area (Å²) in [6, 6.07) is 7.91. The molecule has 0 fully saturated rings. The average molecular weight is 260 g/mol. The third kappa shape index (κ3) is 3.45. The molecule has 0 aliphatic heterocycles. The summed E-state index contributed by atoms with van der Waals surface area (Å²) in [6.07, 6.45) is 0. The maximum absolute atomic E-state index is 11.8. The maximum atomic E-state index is 11.8. The van der Waals surface area contributed by atoms with Gasteiger partial charge in [-0.25, -0.2) is 4.79 Å². The van der Waals surface area contributed by atoms with E-state index in [1.54, 1.807) is 43.1 Å². The van der Waals surface area contributed by atoms with Gasteiger partial charge in [0.05, 0.1) is 11.3 Å². The second-order valence-electron chi connectivity index (χ2n) is 3.98. The number of nitriles is 1. The third-order valence-electron chi connectivity index (χ3n) is 2.83. The molecule has 100 valence electrons. The van der Waals surface area contributed by atoms with Crippen molar-refractivity contribution in [1.29, 1.82) is 5.26 Å². The van der Waals surface area contributed by atoms with Crippen molar-refractivity contribution in [2.75, 3.05) is 19.0 Å². The van der Waals surface area contributed by atoms with Gasteiger partial charge in [-0.05, 0) is 19.1 Å². The highest BCUT2D eigenvalue weighted by Crippen LogP contribution is 2.20. The molecular weight excluding hydrogens is 244 g/mol. The molecule has 3 amide bonds. The SMILES string of the molecule is CNC(=O)NC(=O)C(C)N(C)c1ccccc1C#N. The van der Waals surface area contributed by atoms with E-state index in [0.717, 1.165) is 0 Å². The molecule has 1 unspecified atom stereocenters. The second kappa shape index (κ2) is 6.40. The molecular formula is C13H16N4O2. The Bertz CT molecular complexity index is 522. The van der Waals surface area contributed by atoms with Gasteiger partial charge in [-0.3, -0.25) is 10.1 Å². The first-order valence-corrected chi connectivity index (χ1v) is 5.75. The van der Waals surface area contributed by atoms with E-state index in [2.05, 4.69) is 16.7 Å². The zero-order chi connectivity index (χ0) is 14.4. The third-order valence-corrected chi connectivity index (χ3v) is 2.83. The lowest BCUT2D eigenvalue weighted by atomic mass is 10.1. The van der Waals surface area contributed by atoms with E-state index < -0.39 is 18.0 Å². The monoisotopic (exact) mass is 260 g/mol. The summed E-state index contributed by atoms with van der Waals surface area (Å²) in [5.41, 5.74) is 1.12. The number of urea groups is 1. The smallest absolute Gasteiger partial charge is 0.321 e. The van der Waals surface area contributed by atoms with Crippen LogP contribution in [0, 0.1) is 11.3 Å². The minimum atomic E-state index is -0.577. The van der Waals surface area contributed by atoms with E-state index in [4.69, 9.17) is 5.26 Å². The first kappa shape index (κ1) is 14.5. The Balaban J connectivity index is 2.88. The molecule has 1 rings (SSSR count). The second-order valence-corrected chi connectivity index (χ2v) is 3.98. The predicted octanol–water partition coefficient (Wildman–Crippen LogP) is 0.839. The molecule has 0 spiro atoms. The molecule has 0 saturated heterocycles. The number of nitrogens with one attached hydrogen (secondary N) is 2. The van der Waals surface area contributed by atoms with Gasteiger partial charge in [0.15, 0.2) is 0 Å². The van der Waals surface area contributed by atoms with Crippen molar-refractivity contribution < 1.29 is 9.59 Å². The van der Waals surface area contributed by atoms with Crippen molar-refractivity contribution >= 4 is 17.6 Å². The predicted molar refractivity (Wildman–Crippen MR) is 71.6 cm³/mol. The highest BCUT2D eigenvalue weighted by Gasteiger charge is 2.21. The number of para-hydroxylation sites is 1. The van der Waals surface area contributed by atoms with Crippen LogP contribution >= 0.6 is 0 Å². The summed E-state index contributed by atoms with van der Waals surface area (Å²) in [7, 11) is 3.13. The Morgan fingerprint density at radius 2 is 2.00 bits per heavy atom. The van der Waals surface area contributed by atoms with Crippen molar-refractivity contribution in [3.05, 3.63) is 29.8 Å². The lowest BCUT2D eigenvalue weighted by molar-refractivity contribution is -0.120. The van der Waals surface area contributed by atoms with Gasteiger partial charge < -0.3 is 10.2 Å². The summed E-state index contributed by atoms with van der Waals surface area (Å²) in [4.78, 5) is 24.6. The molecule has 6 heteroatoms. The zero-order valence-electron chi connectivity index (χ0n) is 11.1. The van der Waals surface area contributed by atoms with Crippen LogP contribution in [0.3, 0.4) is 0 Å². The zero-order valence-corrected chi connectivity index (χ0v) is 11.1.